The van der Waals surface area contributed by atoms with E-state index >= 15 is 0 Å². The highest BCUT2D eigenvalue weighted by Gasteiger charge is 2.12. The number of likely N-dealkylation sites (tertiary alicyclic amines) is 1. The molecule has 1 aliphatic heterocycles. The van der Waals surface area contributed by atoms with E-state index in [1.165, 1.54) is 18.4 Å². The number of aliphatic carboxylic acids is 1. The molecule has 0 spiro atoms. The Labute approximate surface area is 125 Å². The van der Waals surface area contributed by atoms with Crippen LogP contribution in [-0.4, -0.2) is 35.0 Å². The number of amides is 1. The minimum atomic E-state index is -0.865. The molecule has 5 nitrogen and oxygen atoms in total. The van der Waals surface area contributed by atoms with Gasteiger partial charge in [0.25, 0.3) is 0 Å². The molecule has 0 unspecified atom stereocenters. The molecule has 114 valence electrons. The molecule has 0 atom stereocenters. The monoisotopic (exact) mass is 290 g/mol. The maximum absolute atomic E-state index is 11.7. The van der Waals surface area contributed by atoms with Crippen LogP contribution in [0.15, 0.2) is 24.3 Å². The Morgan fingerprint density at radius 1 is 1.19 bits per heavy atom. The van der Waals surface area contributed by atoms with Crippen molar-refractivity contribution < 1.29 is 14.7 Å². The largest absolute Gasteiger partial charge is 0.481 e. The molecule has 1 amide bonds. The molecule has 0 aliphatic carbocycles. The first-order chi connectivity index (χ1) is 10.1. The van der Waals surface area contributed by atoms with Gasteiger partial charge in [-0.25, -0.2) is 0 Å². The Morgan fingerprint density at radius 3 is 2.67 bits per heavy atom. The Hall–Kier alpha value is -1.88. The molecule has 1 heterocycles. The van der Waals surface area contributed by atoms with Crippen LogP contribution in [-0.2, 0) is 16.1 Å². The second kappa shape index (κ2) is 7.78. The molecule has 1 aliphatic rings. The summed E-state index contributed by atoms with van der Waals surface area (Å²) in [6.07, 6.45) is 3.17. The molecule has 1 aromatic carbocycles. The smallest absolute Gasteiger partial charge is 0.303 e. The average molecular weight is 290 g/mol. The van der Waals surface area contributed by atoms with Gasteiger partial charge >= 0.3 is 5.97 Å². The van der Waals surface area contributed by atoms with E-state index in [2.05, 4.69) is 16.3 Å². The van der Waals surface area contributed by atoms with E-state index in [1.807, 2.05) is 18.2 Å². The van der Waals surface area contributed by atoms with Gasteiger partial charge in [-0.15, -0.1) is 0 Å². The third-order valence-electron chi connectivity index (χ3n) is 3.61. The number of nitrogens with zero attached hydrogens (tertiary/aromatic N) is 1. The van der Waals surface area contributed by atoms with Gasteiger partial charge in [0.1, 0.15) is 0 Å². The van der Waals surface area contributed by atoms with E-state index in [9.17, 15) is 9.59 Å². The number of benzene rings is 1. The molecule has 2 rings (SSSR count). The number of rotatable bonds is 7. The van der Waals surface area contributed by atoms with Crippen molar-refractivity contribution in [3.8, 4) is 0 Å². The SMILES string of the molecule is O=C(O)CCCC(=O)Nc1cccc(CN2CCCC2)c1. The number of anilines is 1. The summed E-state index contributed by atoms with van der Waals surface area (Å²) in [5, 5.41) is 11.4. The maximum atomic E-state index is 11.7. The van der Waals surface area contributed by atoms with Crippen LogP contribution >= 0.6 is 0 Å². The summed E-state index contributed by atoms with van der Waals surface area (Å²) in [4.78, 5) is 24.6. The van der Waals surface area contributed by atoms with Gasteiger partial charge in [-0.1, -0.05) is 12.1 Å². The minimum Gasteiger partial charge on any atom is -0.481 e. The minimum absolute atomic E-state index is 0.0302. The van der Waals surface area contributed by atoms with Gasteiger partial charge in [0, 0.05) is 25.1 Å². The lowest BCUT2D eigenvalue weighted by molar-refractivity contribution is -0.137. The topological polar surface area (TPSA) is 69.6 Å². The van der Waals surface area contributed by atoms with E-state index in [0.717, 1.165) is 25.3 Å². The first-order valence-electron chi connectivity index (χ1n) is 7.46. The lowest BCUT2D eigenvalue weighted by Gasteiger charge is -2.15. The third kappa shape index (κ3) is 5.55. The van der Waals surface area contributed by atoms with Crippen LogP contribution in [0.2, 0.25) is 0 Å². The molecule has 0 bridgehead atoms. The van der Waals surface area contributed by atoms with Crippen molar-refractivity contribution in [3.05, 3.63) is 29.8 Å². The summed E-state index contributed by atoms with van der Waals surface area (Å²) in [5.74, 6) is -0.995. The lowest BCUT2D eigenvalue weighted by atomic mass is 10.1. The zero-order valence-electron chi connectivity index (χ0n) is 12.2. The molecular formula is C16H22N2O3. The number of carboxylic acids is 1. The fourth-order valence-corrected chi connectivity index (χ4v) is 2.57. The van der Waals surface area contributed by atoms with Crippen molar-refractivity contribution in [2.45, 2.75) is 38.6 Å². The first kappa shape index (κ1) is 15.5. The lowest BCUT2D eigenvalue weighted by Crippen LogP contribution is -2.18. The van der Waals surface area contributed by atoms with E-state index in [4.69, 9.17) is 5.11 Å². The van der Waals surface area contributed by atoms with E-state index < -0.39 is 5.97 Å². The second-order valence-corrected chi connectivity index (χ2v) is 5.48. The van der Waals surface area contributed by atoms with Gasteiger partial charge in [-0.3, -0.25) is 14.5 Å². The van der Waals surface area contributed by atoms with Crippen molar-refractivity contribution in [3.63, 3.8) is 0 Å². The predicted molar refractivity (Wildman–Crippen MR) is 81.1 cm³/mol. The summed E-state index contributed by atoms with van der Waals surface area (Å²) in [7, 11) is 0. The van der Waals surface area contributed by atoms with Crippen molar-refractivity contribution in [1.29, 1.82) is 0 Å². The first-order valence-corrected chi connectivity index (χ1v) is 7.46. The molecule has 5 heteroatoms. The standard InChI is InChI=1S/C16H22N2O3/c19-15(7-4-8-16(20)21)17-14-6-3-5-13(11-14)12-18-9-1-2-10-18/h3,5-6,11H,1-2,4,7-10,12H2,(H,17,19)(H,20,21). The highest BCUT2D eigenvalue weighted by molar-refractivity contribution is 5.90. The van der Waals surface area contributed by atoms with Crippen LogP contribution in [0, 0.1) is 0 Å². The average Bonchev–Trinajstić information content (AvgIpc) is 2.91. The molecule has 21 heavy (non-hydrogen) atoms. The Balaban J connectivity index is 1.82. The van der Waals surface area contributed by atoms with Crippen molar-refractivity contribution in [2.75, 3.05) is 18.4 Å². The molecule has 1 saturated heterocycles. The van der Waals surface area contributed by atoms with Gasteiger partial charge in [-0.05, 0) is 50.0 Å². The zero-order valence-corrected chi connectivity index (χ0v) is 12.2. The van der Waals surface area contributed by atoms with Gasteiger partial charge < -0.3 is 10.4 Å². The molecule has 0 radical (unpaired) electrons. The molecule has 1 aromatic rings. The van der Waals surface area contributed by atoms with Crippen molar-refractivity contribution in [2.24, 2.45) is 0 Å². The molecule has 2 N–H and O–H groups in total. The highest BCUT2D eigenvalue weighted by atomic mass is 16.4. The van der Waals surface area contributed by atoms with E-state index in [-0.39, 0.29) is 18.7 Å². The highest BCUT2D eigenvalue weighted by Crippen LogP contribution is 2.16. The molecule has 1 fully saturated rings. The van der Waals surface area contributed by atoms with Crippen LogP contribution in [0.25, 0.3) is 0 Å². The maximum Gasteiger partial charge on any atom is 0.303 e. The Kier molecular flexibility index (Phi) is 5.75. The van der Waals surface area contributed by atoms with Gasteiger partial charge in [0.05, 0.1) is 0 Å². The van der Waals surface area contributed by atoms with Gasteiger partial charge in [0.15, 0.2) is 0 Å². The van der Waals surface area contributed by atoms with Crippen molar-refractivity contribution >= 4 is 17.6 Å². The van der Waals surface area contributed by atoms with E-state index in [1.54, 1.807) is 0 Å². The van der Waals surface area contributed by atoms with E-state index in [0.29, 0.717) is 6.42 Å². The number of carboxylic acid groups (broad SMARTS) is 1. The van der Waals surface area contributed by atoms with Crippen LogP contribution in [0.3, 0.4) is 0 Å². The fraction of sp³-hybridized carbons (Fsp3) is 0.500. The Bertz CT molecular complexity index is 496. The van der Waals surface area contributed by atoms with Gasteiger partial charge in [-0.2, -0.15) is 0 Å². The zero-order chi connectivity index (χ0) is 15.1. The summed E-state index contributed by atoms with van der Waals surface area (Å²) < 4.78 is 0. The summed E-state index contributed by atoms with van der Waals surface area (Å²) in [6.45, 7) is 3.21. The number of carbonyl (C=O) groups is 2. The van der Waals surface area contributed by atoms with Gasteiger partial charge in [0.2, 0.25) is 5.91 Å². The Morgan fingerprint density at radius 2 is 1.95 bits per heavy atom. The third-order valence-corrected chi connectivity index (χ3v) is 3.61. The van der Waals surface area contributed by atoms with Crippen LogP contribution in [0.4, 0.5) is 5.69 Å². The summed E-state index contributed by atoms with van der Waals surface area (Å²) in [5.41, 5.74) is 1.98. The molecule has 0 aromatic heterocycles. The normalized spacial score (nSPS) is 15.0. The fourth-order valence-electron chi connectivity index (χ4n) is 2.57. The quantitative estimate of drug-likeness (QED) is 0.809. The number of nitrogens with one attached hydrogen (secondary N) is 1. The number of carbonyl (C=O) groups excluding carboxylic acids is 1. The van der Waals surface area contributed by atoms with Crippen LogP contribution in [0.1, 0.15) is 37.7 Å². The molecular weight excluding hydrogens is 268 g/mol. The number of hydrogen-bond donors (Lipinski definition) is 2. The van der Waals surface area contributed by atoms with Crippen LogP contribution < -0.4 is 5.32 Å². The number of hydrogen-bond acceptors (Lipinski definition) is 3. The summed E-state index contributed by atoms with van der Waals surface area (Å²) in [6, 6.07) is 7.87. The summed E-state index contributed by atoms with van der Waals surface area (Å²) >= 11 is 0. The van der Waals surface area contributed by atoms with Crippen molar-refractivity contribution in [1.82, 2.24) is 4.90 Å². The van der Waals surface area contributed by atoms with Crippen LogP contribution in [0.5, 0.6) is 0 Å². The predicted octanol–water partition coefficient (Wildman–Crippen LogP) is 2.48. The second-order valence-electron chi connectivity index (χ2n) is 5.48. The molecule has 0 saturated carbocycles.